The van der Waals surface area contributed by atoms with Crippen molar-refractivity contribution in [1.82, 2.24) is 0 Å². The molecule has 1 heterocycles. The van der Waals surface area contributed by atoms with Crippen LogP contribution in [-0.2, 0) is 0 Å². The normalized spacial score (nSPS) is 33.9. The molecule has 1 aromatic heterocycles. The maximum absolute atomic E-state index is 9.95. The topological polar surface area (TPSA) is 73.8 Å². The summed E-state index contributed by atoms with van der Waals surface area (Å²) in [7, 11) is 0. The lowest BCUT2D eigenvalue weighted by Gasteiger charge is -2.32. The summed E-state index contributed by atoms with van der Waals surface area (Å²) in [5.74, 6) is 0.498. The first-order valence-electron chi connectivity index (χ1n) is 5.26. The molecule has 0 bridgehead atoms. The SMILES string of the molecule is O[C@@H]1CC[C@H]([C@H](O)c2ccco2)C[C@@H]1O. The Balaban J connectivity index is 2.00. The third kappa shape index (κ3) is 2.22. The Morgan fingerprint density at radius 1 is 1.27 bits per heavy atom. The average molecular weight is 212 g/mol. The predicted octanol–water partition coefficient (Wildman–Crippen LogP) is 0.835. The smallest absolute Gasteiger partial charge is 0.132 e. The van der Waals surface area contributed by atoms with Crippen LogP contribution in [0.25, 0.3) is 0 Å². The van der Waals surface area contributed by atoms with Gasteiger partial charge in [0.2, 0.25) is 0 Å². The van der Waals surface area contributed by atoms with Gasteiger partial charge in [-0.3, -0.25) is 0 Å². The zero-order valence-corrected chi connectivity index (χ0v) is 8.41. The lowest BCUT2D eigenvalue weighted by Crippen LogP contribution is -2.35. The largest absolute Gasteiger partial charge is 0.467 e. The molecule has 0 amide bonds. The van der Waals surface area contributed by atoms with Crippen LogP contribution in [0, 0.1) is 5.92 Å². The minimum atomic E-state index is -0.728. The molecule has 84 valence electrons. The van der Waals surface area contributed by atoms with E-state index in [-0.39, 0.29) is 5.92 Å². The molecule has 1 aliphatic rings. The highest BCUT2D eigenvalue weighted by Gasteiger charge is 2.33. The van der Waals surface area contributed by atoms with Gasteiger partial charge in [-0.1, -0.05) is 0 Å². The van der Waals surface area contributed by atoms with Crippen molar-refractivity contribution in [1.29, 1.82) is 0 Å². The van der Waals surface area contributed by atoms with Crippen molar-refractivity contribution in [2.24, 2.45) is 5.92 Å². The minimum Gasteiger partial charge on any atom is -0.467 e. The second-order valence-corrected chi connectivity index (χ2v) is 4.17. The van der Waals surface area contributed by atoms with Gasteiger partial charge in [0, 0.05) is 0 Å². The molecule has 0 aliphatic heterocycles. The molecule has 4 nitrogen and oxygen atoms in total. The molecule has 1 aliphatic carbocycles. The number of aliphatic hydroxyl groups is 3. The van der Waals surface area contributed by atoms with Crippen LogP contribution in [0.4, 0.5) is 0 Å². The van der Waals surface area contributed by atoms with E-state index in [2.05, 4.69) is 0 Å². The summed E-state index contributed by atoms with van der Waals surface area (Å²) in [5, 5.41) is 28.8. The van der Waals surface area contributed by atoms with E-state index in [9.17, 15) is 15.3 Å². The molecule has 0 radical (unpaired) electrons. The van der Waals surface area contributed by atoms with Crippen LogP contribution in [0.15, 0.2) is 22.8 Å². The molecule has 4 heteroatoms. The maximum Gasteiger partial charge on any atom is 0.132 e. The van der Waals surface area contributed by atoms with Gasteiger partial charge in [-0.25, -0.2) is 0 Å². The van der Waals surface area contributed by atoms with E-state index in [1.807, 2.05) is 0 Å². The summed E-state index contributed by atoms with van der Waals surface area (Å²) in [6.07, 6.45) is 1.12. The van der Waals surface area contributed by atoms with Gasteiger partial charge >= 0.3 is 0 Å². The van der Waals surface area contributed by atoms with Crippen LogP contribution in [0.1, 0.15) is 31.1 Å². The van der Waals surface area contributed by atoms with E-state index in [0.717, 1.165) is 0 Å². The van der Waals surface area contributed by atoms with E-state index in [0.29, 0.717) is 25.0 Å². The number of aliphatic hydroxyl groups excluding tert-OH is 3. The highest BCUT2D eigenvalue weighted by Crippen LogP contribution is 2.34. The lowest BCUT2D eigenvalue weighted by atomic mass is 9.81. The monoisotopic (exact) mass is 212 g/mol. The number of furan rings is 1. The van der Waals surface area contributed by atoms with E-state index in [1.54, 1.807) is 12.1 Å². The van der Waals surface area contributed by atoms with Crippen LogP contribution in [-0.4, -0.2) is 27.5 Å². The standard InChI is InChI=1S/C11H16O4/c12-8-4-3-7(6-9(8)13)11(14)10-2-1-5-15-10/h1-2,5,7-9,11-14H,3-4,6H2/t7-,8+,9-,11-/m0/s1. The minimum absolute atomic E-state index is 0.0328. The summed E-state index contributed by atoms with van der Waals surface area (Å²) < 4.78 is 5.12. The van der Waals surface area contributed by atoms with Crippen molar-refractivity contribution < 1.29 is 19.7 Å². The molecule has 0 unspecified atom stereocenters. The van der Waals surface area contributed by atoms with E-state index in [1.165, 1.54) is 6.26 Å². The Kier molecular flexibility index (Phi) is 3.09. The quantitative estimate of drug-likeness (QED) is 0.679. The summed E-state index contributed by atoms with van der Waals surface area (Å²) in [4.78, 5) is 0. The van der Waals surface area contributed by atoms with Crippen LogP contribution < -0.4 is 0 Å². The Hall–Kier alpha value is -0.840. The zero-order valence-electron chi connectivity index (χ0n) is 8.41. The molecule has 0 spiro atoms. The molecule has 0 saturated heterocycles. The molecule has 1 aromatic rings. The maximum atomic E-state index is 9.95. The van der Waals surface area contributed by atoms with Gasteiger partial charge < -0.3 is 19.7 Å². The summed E-state index contributed by atoms with van der Waals surface area (Å²) in [6, 6.07) is 3.45. The summed E-state index contributed by atoms with van der Waals surface area (Å²) in [5.41, 5.74) is 0. The van der Waals surface area contributed by atoms with Gasteiger partial charge in [0.05, 0.1) is 18.5 Å². The van der Waals surface area contributed by atoms with Crippen molar-refractivity contribution in [3.05, 3.63) is 24.2 Å². The Morgan fingerprint density at radius 2 is 2.07 bits per heavy atom. The van der Waals surface area contributed by atoms with Gasteiger partial charge in [0.15, 0.2) is 0 Å². The van der Waals surface area contributed by atoms with Crippen molar-refractivity contribution >= 4 is 0 Å². The van der Waals surface area contributed by atoms with Crippen LogP contribution in [0.3, 0.4) is 0 Å². The fourth-order valence-corrected chi connectivity index (χ4v) is 2.14. The third-order valence-corrected chi connectivity index (χ3v) is 3.10. The molecular formula is C11H16O4. The Morgan fingerprint density at radius 3 is 2.67 bits per heavy atom. The van der Waals surface area contributed by atoms with Crippen molar-refractivity contribution in [2.45, 2.75) is 37.6 Å². The summed E-state index contributed by atoms with van der Waals surface area (Å²) in [6.45, 7) is 0. The van der Waals surface area contributed by atoms with Gasteiger partial charge in [0.25, 0.3) is 0 Å². The number of hydrogen-bond donors (Lipinski definition) is 3. The van der Waals surface area contributed by atoms with Crippen LogP contribution in [0.5, 0.6) is 0 Å². The fraction of sp³-hybridized carbons (Fsp3) is 0.636. The first-order valence-corrected chi connectivity index (χ1v) is 5.26. The molecule has 1 saturated carbocycles. The van der Waals surface area contributed by atoms with Crippen molar-refractivity contribution in [2.75, 3.05) is 0 Å². The molecule has 1 fully saturated rings. The lowest BCUT2D eigenvalue weighted by molar-refractivity contribution is -0.0536. The molecule has 15 heavy (non-hydrogen) atoms. The molecule has 4 atom stereocenters. The van der Waals surface area contributed by atoms with Gasteiger partial charge in [-0.15, -0.1) is 0 Å². The van der Waals surface area contributed by atoms with Gasteiger partial charge in [0.1, 0.15) is 11.9 Å². The highest BCUT2D eigenvalue weighted by atomic mass is 16.4. The summed E-state index contributed by atoms with van der Waals surface area (Å²) >= 11 is 0. The predicted molar refractivity (Wildman–Crippen MR) is 53.0 cm³/mol. The second kappa shape index (κ2) is 4.35. The van der Waals surface area contributed by atoms with Gasteiger partial charge in [-0.05, 0) is 37.3 Å². The number of rotatable bonds is 2. The van der Waals surface area contributed by atoms with Crippen molar-refractivity contribution in [3.8, 4) is 0 Å². The fourth-order valence-electron chi connectivity index (χ4n) is 2.14. The van der Waals surface area contributed by atoms with E-state index in [4.69, 9.17) is 4.42 Å². The number of hydrogen-bond acceptors (Lipinski definition) is 4. The van der Waals surface area contributed by atoms with Gasteiger partial charge in [-0.2, -0.15) is 0 Å². The first kappa shape index (κ1) is 10.7. The highest BCUT2D eigenvalue weighted by molar-refractivity contribution is 5.04. The van der Waals surface area contributed by atoms with Crippen LogP contribution >= 0.6 is 0 Å². The molecule has 0 aromatic carbocycles. The molecular weight excluding hydrogens is 196 g/mol. The average Bonchev–Trinajstić information content (AvgIpc) is 2.74. The molecule has 3 N–H and O–H groups in total. The van der Waals surface area contributed by atoms with E-state index >= 15 is 0 Å². The Labute approximate surface area is 88.2 Å². The van der Waals surface area contributed by atoms with Crippen molar-refractivity contribution in [3.63, 3.8) is 0 Å². The molecule has 2 rings (SSSR count). The first-order chi connectivity index (χ1) is 7.18. The van der Waals surface area contributed by atoms with Crippen LogP contribution in [0.2, 0.25) is 0 Å². The zero-order chi connectivity index (χ0) is 10.8. The third-order valence-electron chi connectivity index (χ3n) is 3.10. The van der Waals surface area contributed by atoms with E-state index < -0.39 is 18.3 Å². The second-order valence-electron chi connectivity index (χ2n) is 4.17. The Bertz CT molecular complexity index is 296.